The molecule has 0 bridgehead atoms. The van der Waals surface area contributed by atoms with E-state index in [1.807, 2.05) is 0 Å². The Morgan fingerprint density at radius 1 is 1.11 bits per heavy atom. The Hall–Kier alpha value is -3.62. The van der Waals surface area contributed by atoms with Crippen LogP contribution in [0.15, 0.2) is 48.5 Å². The van der Waals surface area contributed by atoms with Gasteiger partial charge in [-0.3, -0.25) is 4.79 Å². The molecule has 0 spiro atoms. The highest BCUT2D eigenvalue weighted by atomic mass is 19.3. The van der Waals surface area contributed by atoms with E-state index in [1.54, 1.807) is 18.2 Å². The Kier molecular flexibility index (Phi) is 6.05. The van der Waals surface area contributed by atoms with Gasteiger partial charge in [-0.15, -0.1) is 0 Å². The number of rotatable bonds is 7. The number of carbonyl (C=O) groups excluding carboxylic acids is 2. The zero-order valence-electron chi connectivity index (χ0n) is 14.4. The Bertz CT molecular complexity index is 882. The zero-order valence-corrected chi connectivity index (χ0v) is 14.4. The van der Waals surface area contributed by atoms with E-state index in [2.05, 4.69) is 10.1 Å². The van der Waals surface area contributed by atoms with Crippen molar-refractivity contribution in [2.75, 3.05) is 18.7 Å². The van der Waals surface area contributed by atoms with Crippen LogP contribution in [-0.2, 0) is 14.3 Å². The van der Waals surface area contributed by atoms with Crippen LogP contribution in [0.5, 0.6) is 17.2 Å². The minimum atomic E-state index is -2.93. The summed E-state index contributed by atoms with van der Waals surface area (Å²) in [4.78, 5) is 23.5. The van der Waals surface area contributed by atoms with Crippen molar-refractivity contribution >= 4 is 23.6 Å². The standard InChI is InChI=1S/C19H15F2NO6/c20-19(21)28-14-5-3-13(4-6-14)22-17(23)10-25-18(24)8-2-12-1-7-15-16(9-12)27-11-26-15/h1-9,19H,10-11H2,(H,22,23). The van der Waals surface area contributed by atoms with Crippen molar-refractivity contribution in [3.05, 3.63) is 54.1 Å². The topological polar surface area (TPSA) is 83.1 Å². The number of fused-ring (bicyclic) bond motifs is 1. The highest BCUT2D eigenvalue weighted by molar-refractivity contribution is 5.94. The quantitative estimate of drug-likeness (QED) is 0.577. The molecular weight excluding hydrogens is 376 g/mol. The van der Waals surface area contributed by atoms with Gasteiger partial charge in [0, 0.05) is 11.8 Å². The molecule has 0 aliphatic carbocycles. The third kappa shape index (κ3) is 5.44. The Morgan fingerprint density at radius 2 is 1.86 bits per heavy atom. The monoisotopic (exact) mass is 391 g/mol. The van der Waals surface area contributed by atoms with Crippen LogP contribution in [0.3, 0.4) is 0 Å². The summed E-state index contributed by atoms with van der Waals surface area (Å²) in [7, 11) is 0. The third-order valence-electron chi connectivity index (χ3n) is 3.52. The molecule has 9 heteroatoms. The van der Waals surface area contributed by atoms with Gasteiger partial charge in [-0.05, 0) is 48.0 Å². The summed E-state index contributed by atoms with van der Waals surface area (Å²) >= 11 is 0. The minimum Gasteiger partial charge on any atom is -0.454 e. The molecule has 0 aromatic heterocycles. The van der Waals surface area contributed by atoms with Crippen molar-refractivity contribution in [2.45, 2.75) is 6.61 Å². The predicted octanol–water partition coefficient (Wildman–Crippen LogP) is 3.21. The first kappa shape index (κ1) is 19.2. The minimum absolute atomic E-state index is 0.0342. The molecule has 146 valence electrons. The second-order valence-electron chi connectivity index (χ2n) is 5.50. The second-order valence-corrected chi connectivity index (χ2v) is 5.50. The van der Waals surface area contributed by atoms with E-state index in [9.17, 15) is 18.4 Å². The molecular formula is C19H15F2NO6. The van der Waals surface area contributed by atoms with Gasteiger partial charge in [0.15, 0.2) is 18.1 Å². The molecule has 1 heterocycles. The lowest BCUT2D eigenvalue weighted by molar-refractivity contribution is -0.142. The number of alkyl halides is 2. The molecule has 1 N–H and O–H groups in total. The summed E-state index contributed by atoms with van der Waals surface area (Å²) in [6.07, 6.45) is 2.70. The van der Waals surface area contributed by atoms with Crippen molar-refractivity contribution in [1.82, 2.24) is 0 Å². The molecule has 1 amide bonds. The van der Waals surface area contributed by atoms with Crippen LogP contribution in [0.4, 0.5) is 14.5 Å². The lowest BCUT2D eigenvalue weighted by Crippen LogP contribution is -2.20. The average molecular weight is 391 g/mol. The predicted molar refractivity (Wildman–Crippen MR) is 94.3 cm³/mol. The number of ether oxygens (including phenoxy) is 4. The molecule has 28 heavy (non-hydrogen) atoms. The largest absolute Gasteiger partial charge is 0.454 e. The number of carbonyl (C=O) groups is 2. The van der Waals surface area contributed by atoms with Gasteiger partial charge in [-0.25, -0.2) is 4.79 Å². The van der Waals surface area contributed by atoms with Gasteiger partial charge in [0.2, 0.25) is 6.79 Å². The maximum atomic E-state index is 12.1. The molecule has 3 rings (SSSR count). The molecule has 7 nitrogen and oxygen atoms in total. The van der Waals surface area contributed by atoms with Crippen LogP contribution < -0.4 is 19.5 Å². The molecule has 0 fully saturated rings. The first-order valence-electron chi connectivity index (χ1n) is 8.09. The summed E-state index contributed by atoms with van der Waals surface area (Å²) in [5.74, 6) is -0.0981. The molecule has 1 aliphatic rings. The van der Waals surface area contributed by atoms with Crippen LogP contribution in [0, 0.1) is 0 Å². The van der Waals surface area contributed by atoms with E-state index in [0.717, 1.165) is 0 Å². The van der Waals surface area contributed by atoms with Gasteiger partial charge in [-0.1, -0.05) is 6.07 Å². The number of amides is 1. The summed E-state index contributed by atoms with van der Waals surface area (Å²) in [5, 5.41) is 2.47. The van der Waals surface area contributed by atoms with Gasteiger partial charge in [0.1, 0.15) is 5.75 Å². The van der Waals surface area contributed by atoms with E-state index in [0.29, 0.717) is 22.7 Å². The van der Waals surface area contributed by atoms with Crippen molar-refractivity contribution < 1.29 is 37.3 Å². The van der Waals surface area contributed by atoms with Crippen LogP contribution >= 0.6 is 0 Å². The van der Waals surface area contributed by atoms with Gasteiger partial charge >= 0.3 is 12.6 Å². The Labute approximate surface area is 158 Å². The van der Waals surface area contributed by atoms with Crippen LogP contribution in [0.25, 0.3) is 6.08 Å². The van der Waals surface area contributed by atoms with Crippen molar-refractivity contribution in [3.63, 3.8) is 0 Å². The Morgan fingerprint density at radius 3 is 2.61 bits per heavy atom. The molecule has 0 saturated carbocycles. The van der Waals surface area contributed by atoms with Gasteiger partial charge in [0.05, 0.1) is 0 Å². The maximum Gasteiger partial charge on any atom is 0.387 e. The number of hydrogen-bond acceptors (Lipinski definition) is 6. The molecule has 2 aromatic carbocycles. The fourth-order valence-electron chi connectivity index (χ4n) is 2.28. The number of halogens is 2. The van der Waals surface area contributed by atoms with E-state index >= 15 is 0 Å². The fraction of sp³-hybridized carbons (Fsp3) is 0.158. The number of nitrogens with one attached hydrogen (secondary N) is 1. The molecule has 0 radical (unpaired) electrons. The normalized spacial score (nSPS) is 12.2. The second kappa shape index (κ2) is 8.85. The van der Waals surface area contributed by atoms with Crippen LogP contribution in [0.1, 0.15) is 5.56 Å². The molecule has 0 atom stereocenters. The molecule has 1 aliphatic heterocycles. The fourth-order valence-corrected chi connectivity index (χ4v) is 2.28. The summed E-state index contributed by atoms with van der Waals surface area (Å²) < 4.78 is 43.6. The lowest BCUT2D eigenvalue weighted by Gasteiger charge is -2.07. The number of esters is 1. The molecule has 2 aromatic rings. The average Bonchev–Trinajstić information content (AvgIpc) is 3.13. The van der Waals surface area contributed by atoms with Gasteiger partial charge in [-0.2, -0.15) is 8.78 Å². The summed E-state index contributed by atoms with van der Waals surface area (Å²) in [6, 6.07) is 10.5. The summed E-state index contributed by atoms with van der Waals surface area (Å²) in [6.45, 7) is -3.27. The van der Waals surface area contributed by atoms with E-state index < -0.39 is 25.1 Å². The molecule has 0 saturated heterocycles. The van der Waals surface area contributed by atoms with Crippen molar-refractivity contribution in [3.8, 4) is 17.2 Å². The van der Waals surface area contributed by atoms with Crippen LogP contribution in [0.2, 0.25) is 0 Å². The molecule has 0 unspecified atom stereocenters. The lowest BCUT2D eigenvalue weighted by atomic mass is 10.2. The SMILES string of the molecule is O=C(COC(=O)C=Cc1ccc2c(c1)OCO2)Nc1ccc(OC(F)F)cc1. The number of hydrogen-bond donors (Lipinski definition) is 1. The highest BCUT2D eigenvalue weighted by Crippen LogP contribution is 2.32. The van der Waals surface area contributed by atoms with Crippen molar-refractivity contribution in [1.29, 1.82) is 0 Å². The number of benzene rings is 2. The third-order valence-corrected chi connectivity index (χ3v) is 3.52. The zero-order chi connectivity index (χ0) is 19.9. The summed E-state index contributed by atoms with van der Waals surface area (Å²) in [5.41, 5.74) is 1.05. The van der Waals surface area contributed by atoms with Crippen LogP contribution in [-0.4, -0.2) is 31.9 Å². The Balaban J connectivity index is 1.44. The maximum absolute atomic E-state index is 12.1. The van der Waals surface area contributed by atoms with E-state index in [4.69, 9.17) is 14.2 Å². The smallest absolute Gasteiger partial charge is 0.387 e. The van der Waals surface area contributed by atoms with Gasteiger partial charge < -0.3 is 24.3 Å². The first-order chi connectivity index (χ1) is 13.5. The van der Waals surface area contributed by atoms with Gasteiger partial charge in [0.25, 0.3) is 5.91 Å². The van der Waals surface area contributed by atoms with E-state index in [-0.39, 0.29) is 12.5 Å². The first-order valence-corrected chi connectivity index (χ1v) is 8.09. The van der Waals surface area contributed by atoms with Crippen molar-refractivity contribution in [2.24, 2.45) is 0 Å². The van der Waals surface area contributed by atoms with E-state index in [1.165, 1.54) is 36.4 Å². The number of anilines is 1. The highest BCUT2D eigenvalue weighted by Gasteiger charge is 2.12.